The highest BCUT2D eigenvalue weighted by Crippen LogP contribution is 2.34. The molecule has 0 aliphatic carbocycles. The SMILES string of the molecule is COc1ccc2nc(-c3[nH]c4ccc(OC)cc4c3C(=O)O)oc2c1. The summed E-state index contributed by atoms with van der Waals surface area (Å²) in [6, 6.07) is 10.4. The van der Waals surface area contributed by atoms with Crippen molar-refractivity contribution in [3.8, 4) is 23.1 Å². The Hall–Kier alpha value is -3.48. The summed E-state index contributed by atoms with van der Waals surface area (Å²) in [4.78, 5) is 19.3. The molecule has 0 amide bonds. The molecule has 0 saturated carbocycles. The predicted octanol–water partition coefficient (Wildman–Crippen LogP) is 3.69. The number of rotatable bonds is 4. The van der Waals surface area contributed by atoms with E-state index in [9.17, 15) is 9.90 Å². The van der Waals surface area contributed by atoms with Gasteiger partial charge in [0.1, 0.15) is 22.7 Å². The van der Waals surface area contributed by atoms with Crippen molar-refractivity contribution in [1.29, 1.82) is 0 Å². The molecule has 4 rings (SSSR count). The van der Waals surface area contributed by atoms with Gasteiger partial charge in [0, 0.05) is 17.0 Å². The lowest BCUT2D eigenvalue weighted by Crippen LogP contribution is -1.98. The maximum absolute atomic E-state index is 11.8. The second kappa shape index (κ2) is 5.55. The van der Waals surface area contributed by atoms with E-state index in [2.05, 4.69) is 9.97 Å². The summed E-state index contributed by atoms with van der Waals surface area (Å²) in [5, 5.41) is 10.2. The van der Waals surface area contributed by atoms with Crippen molar-refractivity contribution in [2.45, 2.75) is 0 Å². The second-order valence-electron chi connectivity index (χ2n) is 5.44. The molecule has 2 aromatic carbocycles. The van der Waals surface area contributed by atoms with Crippen LogP contribution < -0.4 is 9.47 Å². The summed E-state index contributed by atoms with van der Waals surface area (Å²) in [5.74, 6) is 0.336. The third kappa shape index (κ3) is 2.37. The fourth-order valence-electron chi connectivity index (χ4n) is 2.82. The Morgan fingerprint density at radius 3 is 2.56 bits per heavy atom. The van der Waals surface area contributed by atoms with E-state index < -0.39 is 5.97 Å². The zero-order valence-electron chi connectivity index (χ0n) is 13.5. The summed E-state index contributed by atoms with van der Waals surface area (Å²) in [6.07, 6.45) is 0. The standard InChI is InChI=1S/C18H14N2O5/c1-23-9-3-5-12-11(7-9)15(18(21)22)16(19-12)17-20-13-6-4-10(24-2)8-14(13)25-17/h3-8,19H,1-2H3,(H,21,22). The molecular formula is C18H14N2O5. The Balaban J connectivity index is 1.96. The molecule has 0 aliphatic rings. The molecule has 25 heavy (non-hydrogen) atoms. The van der Waals surface area contributed by atoms with Gasteiger partial charge in [-0.15, -0.1) is 0 Å². The first-order valence-electron chi connectivity index (χ1n) is 7.48. The first kappa shape index (κ1) is 15.1. The molecule has 2 heterocycles. The van der Waals surface area contributed by atoms with Crippen LogP contribution in [0, 0.1) is 0 Å². The molecule has 2 N–H and O–H groups in total. The molecule has 0 spiro atoms. The summed E-state index contributed by atoms with van der Waals surface area (Å²) in [6.45, 7) is 0. The average Bonchev–Trinajstić information content (AvgIpc) is 3.21. The van der Waals surface area contributed by atoms with Gasteiger partial charge in [-0.25, -0.2) is 9.78 Å². The van der Waals surface area contributed by atoms with Crippen molar-refractivity contribution in [2.75, 3.05) is 14.2 Å². The van der Waals surface area contributed by atoms with Gasteiger partial charge >= 0.3 is 5.97 Å². The molecule has 7 heteroatoms. The van der Waals surface area contributed by atoms with Gasteiger partial charge in [-0.1, -0.05) is 0 Å². The van der Waals surface area contributed by atoms with E-state index in [1.807, 2.05) is 0 Å². The number of H-pyrrole nitrogens is 1. The van der Waals surface area contributed by atoms with Crippen LogP contribution in [0.2, 0.25) is 0 Å². The number of hydrogen-bond acceptors (Lipinski definition) is 5. The van der Waals surface area contributed by atoms with Crippen LogP contribution in [0.15, 0.2) is 40.8 Å². The number of fused-ring (bicyclic) bond motifs is 2. The smallest absolute Gasteiger partial charge is 0.338 e. The lowest BCUT2D eigenvalue weighted by atomic mass is 10.1. The highest BCUT2D eigenvalue weighted by atomic mass is 16.5. The molecule has 2 aromatic heterocycles. The van der Waals surface area contributed by atoms with Crippen LogP contribution in [0.1, 0.15) is 10.4 Å². The summed E-state index contributed by atoms with van der Waals surface area (Å²) in [7, 11) is 3.09. The Morgan fingerprint density at radius 2 is 1.84 bits per heavy atom. The third-order valence-corrected chi connectivity index (χ3v) is 4.03. The first-order chi connectivity index (χ1) is 12.1. The zero-order valence-corrected chi connectivity index (χ0v) is 13.5. The number of nitrogens with zero attached hydrogens (tertiary/aromatic N) is 1. The molecule has 0 saturated heterocycles. The van der Waals surface area contributed by atoms with Crippen LogP contribution in [0.4, 0.5) is 0 Å². The molecular weight excluding hydrogens is 324 g/mol. The number of hydrogen-bond donors (Lipinski definition) is 2. The number of oxazole rings is 1. The number of methoxy groups -OCH3 is 2. The molecule has 0 fully saturated rings. The van der Waals surface area contributed by atoms with Crippen LogP contribution in [-0.2, 0) is 0 Å². The van der Waals surface area contributed by atoms with Gasteiger partial charge in [-0.05, 0) is 30.3 Å². The van der Waals surface area contributed by atoms with Crippen molar-refractivity contribution < 1.29 is 23.8 Å². The van der Waals surface area contributed by atoms with Crippen LogP contribution in [-0.4, -0.2) is 35.3 Å². The minimum absolute atomic E-state index is 0.0902. The van der Waals surface area contributed by atoms with E-state index >= 15 is 0 Å². The number of aromatic nitrogens is 2. The molecule has 126 valence electrons. The van der Waals surface area contributed by atoms with Crippen molar-refractivity contribution in [3.05, 3.63) is 42.0 Å². The minimum atomic E-state index is -1.07. The van der Waals surface area contributed by atoms with E-state index in [1.165, 1.54) is 7.11 Å². The normalized spacial score (nSPS) is 11.1. The molecule has 7 nitrogen and oxygen atoms in total. The largest absolute Gasteiger partial charge is 0.497 e. The lowest BCUT2D eigenvalue weighted by molar-refractivity contribution is 0.0699. The molecule has 0 radical (unpaired) electrons. The monoisotopic (exact) mass is 338 g/mol. The molecule has 0 aliphatic heterocycles. The minimum Gasteiger partial charge on any atom is -0.497 e. The molecule has 0 atom stereocenters. The molecule has 4 aromatic rings. The second-order valence-corrected chi connectivity index (χ2v) is 5.44. The van der Waals surface area contributed by atoms with Crippen molar-refractivity contribution in [3.63, 3.8) is 0 Å². The summed E-state index contributed by atoms with van der Waals surface area (Å²) < 4.78 is 16.1. The van der Waals surface area contributed by atoms with Crippen molar-refractivity contribution in [2.24, 2.45) is 0 Å². The van der Waals surface area contributed by atoms with E-state index in [1.54, 1.807) is 43.5 Å². The molecule has 0 unspecified atom stereocenters. The summed E-state index contributed by atoms with van der Waals surface area (Å²) in [5.41, 5.74) is 2.19. The Bertz CT molecular complexity index is 1110. The maximum Gasteiger partial charge on any atom is 0.338 e. The number of carboxylic acid groups (broad SMARTS) is 1. The highest BCUT2D eigenvalue weighted by Gasteiger charge is 2.23. The van der Waals surface area contributed by atoms with Gasteiger partial charge in [0.15, 0.2) is 5.58 Å². The van der Waals surface area contributed by atoms with E-state index in [0.717, 1.165) is 0 Å². The molecule has 0 bridgehead atoms. The van der Waals surface area contributed by atoms with Crippen LogP contribution >= 0.6 is 0 Å². The number of carbonyl (C=O) groups is 1. The number of aromatic amines is 1. The van der Waals surface area contributed by atoms with Gasteiger partial charge in [-0.3, -0.25) is 0 Å². The van der Waals surface area contributed by atoms with E-state index in [4.69, 9.17) is 13.9 Å². The predicted molar refractivity (Wildman–Crippen MR) is 91.4 cm³/mol. The number of ether oxygens (including phenoxy) is 2. The van der Waals surface area contributed by atoms with Gasteiger partial charge in [0.2, 0.25) is 5.89 Å². The van der Waals surface area contributed by atoms with Gasteiger partial charge in [-0.2, -0.15) is 0 Å². The summed E-state index contributed by atoms with van der Waals surface area (Å²) >= 11 is 0. The Morgan fingerprint density at radius 1 is 1.12 bits per heavy atom. The van der Waals surface area contributed by atoms with Crippen LogP contribution in [0.5, 0.6) is 11.5 Å². The van der Waals surface area contributed by atoms with E-state index in [-0.39, 0.29) is 11.5 Å². The third-order valence-electron chi connectivity index (χ3n) is 4.03. The first-order valence-corrected chi connectivity index (χ1v) is 7.48. The maximum atomic E-state index is 11.8. The van der Waals surface area contributed by atoms with Gasteiger partial charge in [0.05, 0.1) is 19.8 Å². The number of aromatic carboxylic acids is 1. The fourth-order valence-corrected chi connectivity index (χ4v) is 2.82. The highest BCUT2D eigenvalue weighted by molar-refractivity contribution is 6.09. The Labute approximate surface area is 141 Å². The van der Waals surface area contributed by atoms with Crippen molar-refractivity contribution >= 4 is 28.0 Å². The van der Waals surface area contributed by atoms with Crippen LogP contribution in [0.3, 0.4) is 0 Å². The Kier molecular flexibility index (Phi) is 3.35. The number of benzene rings is 2. The van der Waals surface area contributed by atoms with Gasteiger partial charge in [0.25, 0.3) is 0 Å². The van der Waals surface area contributed by atoms with Crippen molar-refractivity contribution in [1.82, 2.24) is 9.97 Å². The number of nitrogens with one attached hydrogen (secondary N) is 1. The van der Waals surface area contributed by atoms with Gasteiger partial charge < -0.3 is 24.0 Å². The fraction of sp³-hybridized carbons (Fsp3) is 0.111. The topological polar surface area (TPSA) is 97.6 Å². The zero-order chi connectivity index (χ0) is 17.6. The average molecular weight is 338 g/mol. The van der Waals surface area contributed by atoms with E-state index in [0.29, 0.717) is 39.2 Å². The number of carboxylic acids is 1. The quantitative estimate of drug-likeness (QED) is 0.589. The lowest BCUT2D eigenvalue weighted by Gasteiger charge is -1.99. The van der Waals surface area contributed by atoms with Crippen LogP contribution in [0.25, 0.3) is 33.6 Å².